The van der Waals surface area contributed by atoms with Crippen molar-refractivity contribution >= 4 is 17.9 Å². The second-order valence-electron chi connectivity index (χ2n) is 6.57. The number of halogens is 6. The third-order valence-electron chi connectivity index (χ3n) is 3.77. The molecular weight excluding hydrogens is 394 g/mol. The number of ether oxygens (including phenoxy) is 3. The molecule has 1 aliphatic heterocycles. The SMILES string of the molecule is CC(OC1C(=O)OCC1(C)C)C(=O)OC(CC(=O)O)(C(F)(F)F)C(F)(F)F. The van der Waals surface area contributed by atoms with Crippen LogP contribution in [0.2, 0.25) is 0 Å². The third-order valence-corrected chi connectivity index (χ3v) is 3.77. The van der Waals surface area contributed by atoms with Gasteiger partial charge in [-0.25, -0.2) is 9.59 Å². The summed E-state index contributed by atoms with van der Waals surface area (Å²) in [7, 11) is 0. The summed E-state index contributed by atoms with van der Waals surface area (Å²) in [6.45, 7) is 3.54. The van der Waals surface area contributed by atoms with E-state index in [1.54, 1.807) is 0 Å². The Bertz CT molecular complexity index is 596. The molecule has 0 spiro atoms. The fourth-order valence-corrected chi connectivity index (χ4v) is 2.21. The normalized spacial score (nSPS) is 21.5. The number of hydrogen-bond donors (Lipinski definition) is 1. The van der Waals surface area contributed by atoms with Gasteiger partial charge in [-0.3, -0.25) is 4.79 Å². The average Bonchev–Trinajstić information content (AvgIpc) is 2.70. The van der Waals surface area contributed by atoms with Gasteiger partial charge in [0.1, 0.15) is 6.42 Å². The number of hydrogen-bond acceptors (Lipinski definition) is 6. The molecule has 0 bridgehead atoms. The van der Waals surface area contributed by atoms with Gasteiger partial charge in [0.15, 0.2) is 12.2 Å². The highest BCUT2D eigenvalue weighted by Gasteiger charge is 2.75. The summed E-state index contributed by atoms with van der Waals surface area (Å²) in [4.78, 5) is 34.0. The Labute approximate surface area is 148 Å². The van der Waals surface area contributed by atoms with Gasteiger partial charge in [0.2, 0.25) is 0 Å². The molecule has 0 amide bonds. The van der Waals surface area contributed by atoms with Crippen LogP contribution >= 0.6 is 0 Å². The predicted molar refractivity (Wildman–Crippen MR) is 72.3 cm³/mol. The van der Waals surface area contributed by atoms with Gasteiger partial charge in [-0.2, -0.15) is 26.3 Å². The maximum atomic E-state index is 13.1. The average molecular weight is 410 g/mol. The minimum atomic E-state index is -6.27. The molecule has 27 heavy (non-hydrogen) atoms. The Kier molecular flexibility index (Phi) is 6.10. The van der Waals surface area contributed by atoms with E-state index in [1.165, 1.54) is 13.8 Å². The Morgan fingerprint density at radius 2 is 1.70 bits per heavy atom. The molecule has 7 nitrogen and oxygen atoms in total. The van der Waals surface area contributed by atoms with Crippen LogP contribution in [0.1, 0.15) is 27.2 Å². The van der Waals surface area contributed by atoms with Crippen LogP contribution in [-0.2, 0) is 28.6 Å². The molecule has 1 N–H and O–H groups in total. The molecule has 156 valence electrons. The number of carboxylic acids is 1. The van der Waals surface area contributed by atoms with Gasteiger partial charge in [0.25, 0.3) is 0 Å². The van der Waals surface area contributed by atoms with Crippen LogP contribution in [0.5, 0.6) is 0 Å². The van der Waals surface area contributed by atoms with E-state index in [-0.39, 0.29) is 6.61 Å². The van der Waals surface area contributed by atoms with Gasteiger partial charge >= 0.3 is 35.9 Å². The molecule has 0 aliphatic carbocycles. The molecular formula is C14H16F6O7. The number of carboxylic acid groups (broad SMARTS) is 1. The number of carbonyl (C=O) groups is 3. The van der Waals surface area contributed by atoms with E-state index < -0.39 is 59.9 Å². The smallest absolute Gasteiger partial charge is 0.438 e. The van der Waals surface area contributed by atoms with E-state index in [0.717, 1.165) is 6.92 Å². The van der Waals surface area contributed by atoms with E-state index in [1.807, 2.05) is 0 Å². The molecule has 2 atom stereocenters. The van der Waals surface area contributed by atoms with Crippen molar-refractivity contribution in [1.82, 2.24) is 0 Å². The summed E-state index contributed by atoms with van der Waals surface area (Å²) >= 11 is 0. The highest BCUT2D eigenvalue weighted by molar-refractivity contribution is 5.80. The summed E-state index contributed by atoms with van der Waals surface area (Å²) in [6.07, 6.45) is -18.6. The number of rotatable bonds is 6. The fraction of sp³-hybridized carbons (Fsp3) is 0.786. The lowest BCUT2D eigenvalue weighted by molar-refractivity contribution is -0.371. The first-order valence-electron chi connectivity index (χ1n) is 7.35. The Balaban J connectivity index is 3.12. The molecule has 13 heteroatoms. The van der Waals surface area contributed by atoms with Crippen molar-refractivity contribution in [3.8, 4) is 0 Å². The van der Waals surface area contributed by atoms with Crippen LogP contribution in [0.4, 0.5) is 26.3 Å². The molecule has 0 saturated carbocycles. The van der Waals surface area contributed by atoms with Gasteiger partial charge in [0.05, 0.1) is 6.61 Å². The number of carbonyl (C=O) groups excluding carboxylic acids is 2. The highest BCUT2D eigenvalue weighted by Crippen LogP contribution is 2.48. The lowest BCUT2D eigenvalue weighted by atomic mass is 9.89. The van der Waals surface area contributed by atoms with Crippen LogP contribution in [0.15, 0.2) is 0 Å². The molecule has 0 aromatic rings. The zero-order valence-electron chi connectivity index (χ0n) is 14.2. The van der Waals surface area contributed by atoms with Crippen LogP contribution in [-0.4, -0.2) is 59.8 Å². The third kappa shape index (κ3) is 4.62. The van der Waals surface area contributed by atoms with Crippen LogP contribution < -0.4 is 0 Å². The number of cyclic esters (lactones) is 1. The largest absolute Gasteiger partial charge is 0.481 e. The van der Waals surface area contributed by atoms with Crippen molar-refractivity contribution < 1.29 is 60.0 Å². The van der Waals surface area contributed by atoms with Gasteiger partial charge in [-0.15, -0.1) is 0 Å². The maximum Gasteiger partial charge on any atom is 0.438 e. The minimum absolute atomic E-state index is 0.147. The number of esters is 2. The Morgan fingerprint density at radius 3 is 2.04 bits per heavy atom. The molecule has 0 aromatic heterocycles. The van der Waals surface area contributed by atoms with Crippen molar-refractivity contribution in [2.75, 3.05) is 6.61 Å². The van der Waals surface area contributed by atoms with Gasteiger partial charge in [-0.05, 0) is 6.92 Å². The maximum absolute atomic E-state index is 13.1. The second-order valence-corrected chi connectivity index (χ2v) is 6.57. The van der Waals surface area contributed by atoms with Crippen molar-refractivity contribution in [3.05, 3.63) is 0 Å². The zero-order chi connectivity index (χ0) is 21.4. The van der Waals surface area contributed by atoms with Gasteiger partial charge < -0.3 is 19.3 Å². The quantitative estimate of drug-likeness (QED) is 0.530. The Morgan fingerprint density at radius 1 is 1.22 bits per heavy atom. The van der Waals surface area contributed by atoms with Gasteiger partial charge in [-0.1, -0.05) is 13.8 Å². The lowest BCUT2D eigenvalue weighted by Gasteiger charge is -2.36. The fourth-order valence-electron chi connectivity index (χ4n) is 2.21. The number of alkyl halides is 6. The first-order chi connectivity index (χ1) is 11.9. The first-order valence-corrected chi connectivity index (χ1v) is 7.35. The van der Waals surface area contributed by atoms with Crippen molar-refractivity contribution in [2.45, 2.75) is 57.4 Å². The molecule has 1 fully saturated rings. The summed E-state index contributed by atoms with van der Waals surface area (Å²) < 4.78 is 91.6. The molecule has 1 saturated heterocycles. The van der Waals surface area contributed by atoms with Crippen LogP contribution in [0, 0.1) is 5.41 Å². The standard InChI is InChI=1S/C14H16F6O7/c1-6(26-8-10(24)25-5-11(8,2)3)9(23)27-12(4-7(21)22,13(15,16)17)14(18,19)20/h6,8H,4-5H2,1-3H3,(H,21,22). The van der Waals surface area contributed by atoms with Gasteiger partial charge in [0, 0.05) is 5.41 Å². The molecule has 1 rings (SSSR count). The zero-order valence-corrected chi connectivity index (χ0v) is 14.2. The monoisotopic (exact) mass is 410 g/mol. The van der Waals surface area contributed by atoms with Crippen molar-refractivity contribution in [2.24, 2.45) is 5.41 Å². The van der Waals surface area contributed by atoms with Crippen LogP contribution in [0.25, 0.3) is 0 Å². The van der Waals surface area contributed by atoms with Crippen LogP contribution in [0.3, 0.4) is 0 Å². The van der Waals surface area contributed by atoms with E-state index in [9.17, 15) is 40.7 Å². The Hall–Kier alpha value is -2.05. The topological polar surface area (TPSA) is 99.1 Å². The molecule has 0 radical (unpaired) electrons. The summed E-state index contributed by atoms with van der Waals surface area (Å²) in [5.74, 6) is -5.59. The molecule has 2 unspecified atom stereocenters. The predicted octanol–water partition coefficient (Wildman–Crippen LogP) is 2.22. The summed E-state index contributed by atoms with van der Waals surface area (Å²) in [5.41, 5.74) is -6.27. The number of aliphatic carboxylic acids is 1. The molecule has 0 aromatic carbocycles. The molecule has 1 aliphatic rings. The summed E-state index contributed by atoms with van der Waals surface area (Å²) in [5, 5.41) is 8.48. The minimum Gasteiger partial charge on any atom is -0.481 e. The van der Waals surface area contributed by atoms with E-state index in [2.05, 4.69) is 9.47 Å². The molecule has 1 heterocycles. The van der Waals surface area contributed by atoms with E-state index in [4.69, 9.17) is 9.84 Å². The van der Waals surface area contributed by atoms with E-state index in [0.29, 0.717) is 0 Å². The van der Waals surface area contributed by atoms with Crippen molar-refractivity contribution in [3.63, 3.8) is 0 Å². The second kappa shape index (κ2) is 7.17. The highest BCUT2D eigenvalue weighted by atomic mass is 19.4. The van der Waals surface area contributed by atoms with Crippen molar-refractivity contribution in [1.29, 1.82) is 0 Å². The lowest BCUT2D eigenvalue weighted by Crippen LogP contribution is -2.61. The first kappa shape index (κ1) is 23.0. The van der Waals surface area contributed by atoms with E-state index >= 15 is 0 Å². The summed E-state index contributed by atoms with van der Waals surface area (Å²) in [6, 6.07) is 0.